The van der Waals surface area contributed by atoms with Crippen molar-refractivity contribution < 1.29 is 9.53 Å². The van der Waals surface area contributed by atoms with Gasteiger partial charge in [-0.2, -0.15) is 0 Å². The van der Waals surface area contributed by atoms with E-state index in [1.165, 1.54) is 5.56 Å². The first-order chi connectivity index (χ1) is 12.1. The van der Waals surface area contributed by atoms with E-state index in [1.807, 2.05) is 24.0 Å². The van der Waals surface area contributed by atoms with Gasteiger partial charge in [-0.25, -0.2) is 4.98 Å². The Kier molecular flexibility index (Phi) is 5.38. The summed E-state index contributed by atoms with van der Waals surface area (Å²) in [4.78, 5) is 24.2. The summed E-state index contributed by atoms with van der Waals surface area (Å²) in [5, 5.41) is 0. The molecule has 0 aliphatic carbocycles. The molecule has 0 saturated carbocycles. The number of nitrogens with zero attached hydrogens (tertiary/aromatic N) is 3. The molecule has 25 heavy (non-hydrogen) atoms. The number of aryl methyl sites for hydroxylation is 1. The second-order valence-electron chi connectivity index (χ2n) is 6.38. The molecule has 0 unspecified atom stereocenters. The highest BCUT2D eigenvalue weighted by molar-refractivity contribution is 5.92. The molecule has 1 aromatic carbocycles. The second kappa shape index (κ2) is 7.70. The van der Waals surface area contributed by atoms with Crippen LogP contribution in [0.2, 0.25) is 0 Å². The number of carbonyl (C=O) groups excluding carboxylic acids is 1. The van der Waals surface area contributed by atoms with Gasteiger partial charge in [0.15, 0.2) is 0 Å². The molecule has 1 aliphatic rings. The molecule has 2 aromatic rings. The number of imidazole rings is 1. The van der Waals surface area contributed by atoms with Crippen molar-refractivity contribution in [3.05, 3.63) is 47.5 Å². The summed E-state index contributed by atoms with van der Waals surface area (Å²) >= 11 is 0. The fourth-order valence-electron chi connectivity index (χ4n) is 3.25. The summed E-state index contributed by atoms with van der Waals surface area (Å²) in [6.07, 6.45) is 2.45. The van der Waals surface area contributed by atoms with Crippen LogP contribution in [-0.4, -0.2) is 59.0 Å². The third-order valence-electron chi connectivity index (χ3n) is 4.92. The zero-order chi connectivity index (χ0) is 17.8. The summed E-state index contributed by atoms with van der Waals surface area (Å²) in [6, 6.07) is 8.49. The second-order valence-corrected chi connectivity index (χ2v) is 6.38. The van der Waals surface area contributed by atoms with Crippen molar-refractivity contribution >= 4 is 5.91 Å². The van der Waals surface area contributed by atoms with Gasteiger partial charge in [0, 0.05) is 38.6 Å². The molecule has 0 bridgehead atoms. The third kappa shape index (κ3) is 3.85. The van der Waals surface area contributed by atoms with Crippen molar-refractivity contribution in [2.75, 3.05) is 33.3 Å². The standard InChI is InChI=1S/C19H26N4O2/c1-4-18-20-13-17(21-18)19(24)23-10-8-22(9-11-23)14(2)15-6-5-7-16(12-15)25-3/h5-7,12-14H,4,8-11H2,1-3H3,(H,20,21)/t14-/m1/s1. The molecule has 3 rings (SSSR count). The number of rotatable bonds is 5. The average molecular weight is 342 g/mol. The monoisotopic (exact) mass is 342 g/mol. The number of hydrogen-bond donors (Lipinski definition) is 1. The van der Waals surface area contributed by atoms with Crippen LogP contribution in [-0.2, 0) is 6.42 Å². The van der Waals surface area contributed by atoms with Gasteiger partial charge in [0.1, 0.15) is 17.3 Å². The molecule has 1 aliphatic heterocycles. The first kappa shape index (κ1) is 17.5. The van der Waals surface area contributed by atoms with Crippen molar-refractivity contribution in [1.29, 1.82) is 0 Å². The first-order valence-electron chi connectivity index (χ1n) is 8.83. The van der Waals surface area contributed by atoms with Gasteiger partial charge in [-0.15, -0.1) is 0 Å². The highest BCUT2D eigenvalue weighted by Gasteiger charge is 2.26. The molecule has 1 N–H and O–H groups in total. The smallest absolute Gasteiger partial charge is 0.272 e. The Morgan fingerprint density at radius 3 is 2.72 bits per heavy atom. The molecular weight excluding hydrogens is 316 g/mol. The van der Waals surface area contributed by atoms with Crippen LogP contribution in [0.1, 0.15) is 41.8 Å². The quantitative estimate of drug-likeness (QED) is 0.907. The molecule has 6 heteroatoms. The van der Waals surface area contributed by atoms with E-state index in [2.05, 4.69) is 33.9 Å². The highest BCUT2D eigenvalue weighted by Crippen LogP contribution is 2.25. The first-order valence-corrected chi connectivity index (χ1v) is 8.83. The molecule has 0 spiro atoms. The largest absolute Gasteiger partial charge is 0.497 e. The molecule has 1 aromatic heterocycles. The predicted molar refractivity (Wildman–Crippen MR) is 96.9 cm³/mol. The number of carbonyl (C=O) groups is 1. The number of aromatic nitrogens is 2. The summed E-state index contributed by atoms with van der Waals surface area (Å²) in [6.45, 7) is 7.40. The predicted octanol–water partition coefficient (Wildman–Crippen LogP) is 2.50. The molecule has 1 atom stereocenters. The number of H-pyrrole nitrogens is 1. The van der Waals surface area contributed by atoms with Gasteiger partial charge in [-0.3, -0.25) is 9.69 Å². The maximum Gasteiger partial charge on any atom is 0.272 e. The highest BCUT2D eigenvalue weighted by atomic mass is 16.5. The third-order valence-corrected chi connectivity index (χ3v) is 4.92. The topological polar surface area (TPSA) is 61.5 Å². The van der Waals surface area contributed by atoms with Crippen molar-refractivity contribution in [3.8, 4) is 5.75 Å². The lowest BCUT2D eigenvalue weighted by atomic mass is 10.1. The molecule has 1 saturated heterocycles. The summed E-state index contributed by atoms with van der Waals surface area (Å²) in [7, 11) is 1.69. The lowest BCUT2D eigenvalue weighted by Gasteiger charge is -2.38. The number of ether oxygens (including phenoxy) is 1. The molecule has 134 valence electrons. The Morgan fingerprint density at radius 2 is 2.08 bits per heavy atom. The van der Waals surface area contributed by atoms with E-state index < -0.39 is 0 Å². The van der Waals surface area contributed by atoms with Crippen LogP contribution in [0.3, 0.4) is 0 Å². The zero-order valence-corrected chi connectivity index (χ0v) is 15.2. The fraction of sp³-hybridized carbons (Fsp3) is 0.474. The van der Waals surface area contributed by atoms with E-state index >= 15 is 0 Å². The van der Waals surface area contributed by atoms with Gasteiger partial charge in [0.25, 0.3) is 5.91 Å². The van der Waals surface area contributed by atoms with Gasteiger partial charge in [-0.1, -0.05) is 19.1 Å². The Bertz CT molecular complexity index is 720. The normalized spacial score (nSPS) is 16.7. The Morgan fingerprint density at radius 1 is 1.32 bits per heavy atom. The Labute approximate surface area is 148 Å². The molecule has 2 heterocycles. The molecule has 0 radical (unpaired) electrons. The van der Waals surface area contributed by atoms with Gasteiger partial charge >= 0.3 is 0 Å². The average Bonchev–Trinajstić information content (AvgIpc) is 3.16. The van der Waals surface area contributed by atoms with Crippen molar-refractivity contribution in [2.24, 2.45) is 0 Å². The van der Waals surface area contributed by atoms with E-state index in [0.29, 0.717) is 11.7 Å². The van der Waals surface area contributed by atoms with E-state index in [-0.39, 0.29) is 5.91 Å². The molecule has 6 nitrogen and oxygen atoms in total. The lowest BCUT2D eigenvalue weighted by Crippen LogP contribution is -2.49. The maximum atomic E-state index is 12.6. The number of aromatic amines is 1. The summed E-state index contributed by atoms with van der Waals surface area (Å²) in [5.74, 6) is 1.78. The molecular formula is C19H26N4O2. The van der Waals surface area contributed by atoms with Crippen molar-refractivity contribution in [1.82, 2.24) is 19.8 Å². The van der Waals surface area contributed by atoms with E-state index in [1.54, 1.807) is 13.3 Å². The van der Waals surface area contributed by atoms with Crippen molar-refractivity contribution in [2.45, 2.75) is 26.3 Å². The maximum absolute atomic E-state index is 12.6. The summed E-state index contributed by atoms with van der Waals surface area (Å²) in [5.41, 5.74) is 1.83. The van der Waals surface area contributed by atoms with Crippen LogP contribution in [0, 0.1) is 0 Å². The summed E-state index contributed by atoms with van der Waals surface area (Å²) < 4.78 is 5.32. The lowest BCUT2D eigenvalue weighted by molar-refractivity contribution is 0.0577. The minimum Gasteiger partial charge on any atom is -0.497 e. The number of methoxy groups -OCH3 is 1. The molecule has 1 fully saturated rings. The zero-order valence-electron chi connectivity index (χ0n) is 15.2. The van der Waals surface area contributed by atoms with E-state index in [9.17, 15) is 4.79 Å². The van der Waals surface area contributed by atoms with Crippen LogP contribution in [0.15, 0.2) is 30.5 Å². The number of hydrogen-bond acceptors (Lipinski definition) is 4. The van der Waals surface area contributed by atoms with Crippen LogP contribution in [0.25, 0.3) is 0 Å². The van der Waals surface area contributed by atoms with Gasteiger partial charge < -0.3 is 14.6 Å². The number of piperazine rings is 1. The number of nitrogens with one attached hydrogen (secondary N) is 1. The van der Waals surface area contributed by atoms with Crippen molar-refractivity contribution in [3.63, 3.8) is 0 Å². The Balaban J connectivity index is 1.60. The number of benzene rings is 1. The molecule has 1 amide bonds. The fourth-order valence-corrected chi connectivity index (χ4v) is 3.25. The minimum absolute atomic E-state index is 0.0425. The minimum atomic E-state index is 0.0425. The van der Waals surface area contributed by atoms with Crippen LogP contribution in [0.5, 0.6) is 5.75 Å². The van der Waals surface area contributed by atoms with Crippen LogP contribution >= 0.6 is 0 Å². The van der Waals surface area contributed by atoms with Gasteiger partial charge in [0.05, 0.1) is 13.3 Å². The van der Waals surface area contributed by atoms with Gasteiger partial charge in [-0.05, 0) is 24.6 Å². The number of amides is 1. The van der Waals surface area contributed by atoms with E-state index in [0.717, 1.165) is 44.2 Å². The SMILES string of the molecule is CCc1ncc(C(=O)N2CCN([C@H](C)c3cccc(OC)c3)CC2)[nH]1. The van der Waals surface area contributed by atoms with E-state index in [4.69, 9.17) is 4.74 Å². The van der Waals surface area contributed by atoms with Crippen LogP contribution < -0.4 is 4.74 Å². The Hall–Kier alpha value is -2.34. The van der Waals surface area contributed by atoms with Gasteiger partial charge in [0.2, 0.25) is 0 Å². The van der Waals surface area contributed by atoms with Crippen LogP contribution in [0.4, 0.5) is 0 Å².